The molecule has 0 aliphatic rings. The van der Waals surface area contributed by atoms with Crippen molar-refractivity contribution in [3.05, 3.63) is 82.0 Å². The van der Waals surface area contributed by atoms with Crippen LogP contribution in [0.1, 0.15) is 27.6 Å². The molecule has 142 valence electrons. The zero-order chi connectivity index (χ0) is 20.1. The fourth-order valence-electron chi connectivity index (χ4n) is 2.51. The third-order valence-electron chi connectivity index (χ3n) is 3.84. The summed E-state index contributed by atoms with van der Waals surface area (Å²) in [4.78, 5) is 35.1. The molecule has 0 aliphatic carbocycles. The topological polar surface area (TPSA) is 116 Å². The summed E-state index contributed by atoms with van der Waals surface area (Å²) in [6.45, 7) is 1.85. The van der Waals surface area contributed by atoms with Gasteiger partial charge in [-0.1, -0.05) is 18.2 Å². The minimum Gasteiger partial charge on any atom is -0.462 e. The average Bonchev–Trinajstić information content (AvgIpc) is 3.12. The Balaban J connectivity index is 1.96. The number of nitro benzene ring substituents is 1. The number of non-ortho nitro benzene ring substituents is 1. The highest BCUT2D eigenvalue weighted by molar-refractivity contribution is 6.07. The number of amides is 1. The van der Waals surface area contributed by atoms with E-state index in [2.05, 4.69) is 10.4 Å². The number of carbonyl (C=O) groups excluding carboxylic acids is 2. The average molecular weight is 380 g/mol. The number of esters is 1. The number of nitrogens with one attached hydrogen (secondary N) is 1. The molecule has 2 aromatic carbocycles. The molecule has 0 fully saturated rings. The molecule has 9 nitrogen and oxygen atoms in total. The number of para-hydroxylation sites is 1. The molecule has 0 saturated heterocycles. The minimum absolute atomic E-state index is 0.0981. The van der Waals surface area contributed by atoms with Crippen LogP contribution < -0.4 is 5.32 Å². The van der Waals surface area contributed by atoms with Crippen LogP contribution in [-0.2, 0) is 4.74 Å². The van der Waals surface area contributed by atoms with Crippen molar-refractivity contribution >= 4 is 23.4 Å². The molecule has 9 heteroatoms. The molecule has 1 heterocycles. The predicted molar refractivity (Wildman–Crippen MR) is 101 cm³/mol. The number of hydrogen-bond acceptors (Lipinski definition) is 6. The van der Waals surface area contributed by atoms with Gasteiger partial charge in [-0.05, 0) is 31.2 Å². The number of hydrogen-bond donors (Lipinski definition) is 1. The van der Waals surface area contributed by atoms with Crippen molar-refractivity contribution in [1.29, 1.82) is 0 Å². The fourth-order valence-corrected chi connectivity index (χ4v) is 2.51. The Kier molecular flexibility index (Phi) is 5.45. The normalized spacial score (nSPS) is 10.3. The first-order valence-electron chi connectivity index (χ1n) is 8.37. The fraction of sp³-hybridized carbons (Fsp3) is 0.105. The summed E-state index contributed by atoms with van der Waals surface area (Å²) < 4.78 is 6.44. The molecule has 0 radical (unpaired) electrons. The first kappa shape index (κ1) is 18.8. The number of nitro groups is 1. The van der Waals surface area contributed by atoms with E-state index in [4.69, 9.17) is 4.74 Å². The van der Waals surface area contributed by atoms with Gasteiger partial charge < -0.3 is 10.1 Å². The highest BCUT2D eigenvalue weighted by Gasteiger charge is 2.22. The molecule has 3 rings (SSSR count). The van der Waals surface area contributed by atoms with Gasteiger partial charge in [0.15, 0.2) is 5.82 Å². The van der Waals surface area contributed by atoms with Gasteiger partial charge in [-0.2, -0.15) is 5.10 Å². The van der Waals surface area contributed by atoms with Crippen molar-refractivity contribution in [2.24, 2.45) is 0 Å². The summed E-state index contributed by atoms with van der Waals surface area (Å²) in [6, 6.07) is 14.1. The molecule has 1 aromatic heterocycles. The summed E-state index contributed by atoms with van der Waals surface area (Å²) >= 11 is 0. The van der Waals surface area contributed by atoms with Crippen molar-refractivity contribution in [1.82, 2.24) is 9.78 Å². The van der Waals surface area contributed by atoms with E-state index >= 15 is 0 Å². The van der Waals surface area contributed by atoms with Crippen LogP contribution in [0.25, 0.3) is 5.69 Å². The molecular formula is C19H16N4O5. The van der Waals surface area contributed by atoms with Crippen LogP contribution in [0.2, 0.25) is 0 Å². The smallest absolute Gasteiger partial charge is 0.343 e. The Morgan fingerprint density at radius 2 is 1.82 bits per heavy atom. The zero-order valence-corrected chi connectivity index (χ0v) is 14.9. The summed E-state index contributed by atoms with van der Waals surface area (Å²) in [5, 5.41) is 17.6. The molecule has 28 heavy (non-hydrogen) atoms. The number of benzene rings is 2. The Hall–Kier alpha value is -4.01. The van der Waals surface area contributed by atoms with E-state index in [1.807, 2.05) is 6.07 Å². The molecule has 0 atom stereocenters. The van der Waals surface area contributed by atoms with Gasteiger partial charge in [0.2, 0.25) is 0 Å². The van der Waals surface area contributed by atoms with E-state index < -0.39 is 16.8 Å². The summed E-state index contributed by atoms with van der Waals surface area (Å²) in [5.74, 6) is -1.02. The molecular weight excluding hydrogens is 364 g/mol. The third kappa shape index (κ3) is 3.88. The lowest BCUT2D eigenvalue weighted by atomic mass is 10.2. The number of nitrogens with zero attached hydrogens (tertiary/aromatic N) is 3. The van der Waals surface area contributed by atoms with Crippen LogP contribution in [0.15, 0.2) is 60.8 Å². The molecule has 0 aliphatic heterocycles. The second kappa shape index (κ2) is 8.12. The number of aromatic nitrogens is 2. The van der Waals surface area contributed by atoms with Crippen LogP contribution in [0.5, 0.6) is 0 Å². The van der Waals surface area contributed by atoms with Gasteiger partial charge in [-0.25, -0.2) is 9.48 Å². The Morgan fingerprint density at radius 1 is 1.14 bits per heavy atom. The van der Waals surface area contributed by atoms with E-state index in [-0.39, 0.29) is 29.2 Å². The first-order valence-corrected chi connectivity index (χ1v) is 8.37. The second-order valence-electron chi connectivity index (χ2n) is 5.63. The van der Waals surface area contributed by atoms with Crippen molar-refractivity contribution in [2.75, 3.05) is 11.9 Å². The summed E-state index contributed by atoms with van der Waals surface area (Å²) in [7, 11) is 0. The molecule has 0 unspecified atom stereocenters. The molecule has 0 bridgehead atoms. The standard InChI is InChI=1S/C19H16N4O5/c1-2-28-19(25)16-12-20-22(14-6-4-3-5-7-14)17(16)21-18(24)13-8-10-15(11-9-13)23(26)27/h3-12H,2H2,1H3,(H,21,24). The van der Waals surface area contributed by atoms with Crippen molar-refractivity contribution < 1.29 is 19.2 Å². The Morgan fingerprint density at radius 3 is 2.43 bits per heavy atom. The quantitative estimate of drug-likeness (QED) is 0.399. The zero-order valence-electron chi connectivity index (χ0n) is 14.9. The number of rotatable bonds is 6. The van der Waals surface area contributed by atoms with Crippen LogP contribution in [0.3, 0.4) is 0 Å². The van der Waals surface area contributed by atoms with Gasteiger partial charge in [0, 0.05) is 17.7 Å². The Bertz CT molecular complexity index is 1010. The van der Waals surface area contributed by atoms with Crippen molar-refractivity contribution in [2.45, 2.75) is 6.92 Å². The maximum absolute atomic E-state index is 12.6. The van der Waals surface area contributed by atoms with Crippen LogP contribution in [0, 0.1) is 10.1 Å². The van der Waals surface area contributed by atoms with Gasteiger partial charge in [-0.3, -0.25) is 14.9 Å². The molecule has 0 saturated carbocycles. The van der Waals surface area contributed by atoms with E-state index in [9.17, 15) is 19.7 Å². The number of carbonyl (C=O) groups is 2. The molecule has 1 amide bonds. The third-order valence-corrected chi connectivity index (χ3v) is 3.84. The van der Waals surface area contributed by atoms with Gasteiger partial charge in [0.05, 0.1) is 23.4 Å². The Labute approximate surface area is 159 Å². The SMILES string of the molecule is CCOC(=O)c1cnn(-c2ccccc2)c1NC(=O)c1ccc([N+](=O)[O-])cc1. The largest absolute Gasteiger partial charge is 0.462 e. The van der Waals surface area contributed by atoms with Crippen molar-refractivity contribution in [3.63, 3.8) is 0 Å². The van der Waals surface area contributed by atoms with Gasteiger partial charge in [0.25, 0.3) is 11.6 Å². The molecule has 3 aromatic rings. The highest BCUT2D eigenvalue weighted by Crippen LogP contribution is 2.22. The maximum Gasteiger partial charge on any atom is 0.343 e. The van der Waals surface area contributed by atoms with Gasteiger partial charge >= 0.3 is 5.97 Å². The van der Waals surface area contributed by atoms with Gasteiger partial charge in [-0.15, -0.1) is 0 Å². The number of ether oxygens (including phenoxy) is 1. The van der Waals surface area contributed by atoms with Gasteiger partial charge in [0.1, 0.15) is 5.56 Å². The van der Waals surface area contributed by atoms with Crippen molar-refractivity contribution in [3.8, 4) is 5.69 Å². The highest BCUT2D eigenvalue weighted by atomic mass is 16.6. The lowest BCUT2D eigenvalue weighted by Crippen LogP contribution is -2.18. The summed E-state index contributed by atoms with van der Waals surface area (Å²) in [5.41, 5.74) is 0.803. The van der Waals surface area contributed by atoms with Crippen LogP contribution in [0.4, 0.5) is 11.5 Å². The predicted octanol–water partition coefficient (Wildman–Crippen LogP) is 3.21. The molecule has 0 spiro atoms. The first-order chi connectivity index (χ1) is 13.5. The lowest BCUT2D eigenvalue weighted by molar-refractivity contribution is -0.384. The monoisotopic (exact) mass is 380 g/mol. The van der Waals surface area contributed by atoms with Crippen LogP contribution >= 0.6 is 0 Å². The minimum atomic E-state index is -0.622. The summed E-state index contributed by atoms with van der Waals surface area (Å²) in [6.07, 6.45) is 1.32. The molecule has 1 N–H and O–H groups in total. The van der Waals surface area contributed by atoms with E-state index in [1.54, 1.807) is 31.2 Å². The lowest BCUT2D eigenvalue weighted by Gasteiger charge is -2.11. The number of anilines is 1. The van der Waals surface area contributed by atoms with E-state index in [0.717, 1.165) is 0 Å². The van der Waals surface area contributed by atoms with E-state index in [0.29, 0.717) is 5.69 Å². The van der Waals surface area contributed by atoms with E-state index in [1.165, 1.54) is 35.1 Å². The maximum atomic E-state index is 12.6. The van der Waals surface area contributed by atoms with Crippen LogP contribution in [-0.4, -0.2) is 33.2 Å². The second-order valence-corrected chi connectivity index (χ2v) is 5.63.